The van der Waals surface area contributed by atoms with Crippen molar-refractivity contribution in [2.45, 2.75) is 13.0 Å². The summed E-state index contributed by atoms with van der Waals surface area (Å²) in [5, 5.41) is 20.1. The first-order valence-electron chi connectivity index (χ1n) is 5.62. The highest BCUT2D eigenvalue weighted by Crippen LogP contribution is 2.25. The number of aliphatic hydroxyl groups excluding tert-OH is 1. The van der Waals surface area contributed by atoms with E-state index in [9.17, 15) is 15.2 Å². The van der Waals surface area contributed by atoms with E-state index in [1.54, 1.807) is 25.1 Å². The smallest absolute Gasteiger partial charge is 0.273 e. The van der Waals surface area contributed by atoms with Gasteiger partial charge < -0.3 is 9.84 Å². The minimum Gasteiger partial charge on any atom is -0.439 e. The predicted molar refractivity (Wildman–Crippen MR) is 68.0 cm³/mol. The number of rotatable bonds is 4. The molecule has 0 spiro atoms. The molecule has 0 aliphatic rings. The SMILES string of the molecule is C[C@H](O)c1ccnc(Oc2cccc([N+](=O)[O-])c2)c1. The molecule has 6 heteroatoms. The number of pyridine rings is 1. The molecule has 0 saturated carbocycles. The lowest BCUT2D eigenvalue weighted by atomic mass is 10.2. The number of ether oxygens (including phenoxy) is 1. The molecular formula is C13H12N2O4. The molecule has 1 aromatic carbocycles. The molecule has 1 aromatic heterocycles. The zero-order valence-electron chi connectivity index (χ0n) is 10.2. The number of hydrogen-bond acceptors (Lipinski definition) is 5. The number of aromatic nitrogens is 1. The van der Waals surface area contributed by atoms with Crippen molar-refractivity contribution in [3.05, 3.63) is 58.3 Å². The fourth-order valence-electron chi connectivity index (χ4n) is 1.52. The molecule has 0 unspecified atom stereocenters. The Bertz CT molecular complexity index is 599. The molecule has 1 atom stereocenters. The second kappa shape index (κ2) is 5.45. The Labute approximate surface area is 109 Å². The molecule has 19 heavy (non-hydrogen) atoms. The zero-order valence-corrected chi connectivity index (χ0v) is 10.2. The fourth-order valence-corrected chi connectivity index (χ4v) is 1.52. The molecule has 0 aliphatic heterocycles. The maximum Gasteiger partial charge on any atom is 0.273 e. The molecule has 0 fully saturated rings. The summed E-state index contributed by atoms with van der Waals surface area (Å²) >= 11 is 0. The largest absolute Gasteiger partial charge is 0.439 e. The Hall–Kier alpha value is -2.47. The number of hydrogen-bond donors (Lipinski definition) is 1. The van der Waals surface area contributed by atoms with Crippen molar-refractivity contribution in [2.75, 3.05) is 0 Å². The Morgan fingerprint density at radius 3 is 2.84 bits per heavy atom. The van der Waals surface area contributed by atoms with E-state index in [0.717, 1.165) is 0 Å². The van der Waals surface area contributed by atoms with Gasteiger partial charge in [-0.25, -0.2) is 4.98 Å². The van der Waals surface area contributed by atoms with Gasteiger partial charge in [0.2, 0.25) is 5.88 Å². The first kappa shape index (κ1) is 13.0. The molecule has 1 N–H and O–H groups in total. The summed E-state index contributed by atoms with van der Waals surface area (Å²) in [4.78, 5) is 14.1. The fraction of sp³-hybridized carbons (Fsp3) is 0.154. The lowest BCUT2D eigenvalue weighted by Crippen LogP contribution is -1.94. The summed E-state index contributed by atoms with van der Waals surface area (Å²) in [6.07, 6.45) is 0.879. The van der Waals surface area contributed by atoms with Gasteiger partial charge in [0.25, 0.3) is 5.69 Å². The average Bonchev–Trinajstić information content (AvgIpc) is 2.39. The van der Waals surface area contributed by atoms with Gasteiger partial charge in [-0.05, 0) is 24.6 Å². The van der Waals surface area contributed by atoms with E-state index in [0.29, 0.717) is 11.3 Å². The van der Waals surface area contributed by atoms with Crippen molar-refractivity contribution in [3.8, 4) is 11.6 Å². The predicted octanol–water partition coefficient (Wildman–Crippen LogP) is 2.84. The van der Waals surface area contributed by atoms with Gasteiger partial charge in [-0.2, -0.15) is 0 Å². The molecule has 0 amide bonds. The van der Waals surface area contributed by atoms with Crippen LogP contribution in [0.15, 0.2) is 42.6 Å². The highest BCUT2D eigenvalue weighted by atomic mass is 16.6. The number of benzene rings is 1. The van der Waals surface area contributed by atoms with Gasteiger partial charge in [-0.15, -0.1) is 0 Å². The maximum atomic E-state index is 10.7. The monoisotopic (exact) mass is 260 g/mol. The van der Waals surface area contributed by atoms with Crippen molar-refractivity contribution in [1.29, 1.82) is 0 Å². The molecule has 2 rings (SSSR count). The minimum atomic E-state index is -0.629. The number of nitro groups is 1. The summed E-state index contributed by atoms with van der Waals surface area (Å²) in [6.45, 7) is 1.63. The van der Waals surface area contributed by atoms with E-state index >= 15 is 0 Å². The molecule has 0 saturated heterocycles. The van der Waals surface area contributed by atoms with Crippen LogP contribution in [0.1, 0.15) is 18.6 Å². The molecule has 0 aliphatic carbocycles. The van der Waals surface area contributed by atoms with E-state index in [2.05, 4.69) is 4.98 Å². The number of nitro benzene ring substituents is 1. The van der Waals surface area contributed by atoms with Crippen molar-refractivity contribution < 1.29 is 14.8 Å². The second-order valence-corrected chi connectivity index (χ2v) is 3.96. The van der Waals surface area contributed by atoms with Gasteiger partial charge in [-0.3, -0.25) is 10.1 Å². The van der Waals surface area contributed by atoms with Crippen LogP contribution in [0, 0.1) is 10.1 Å². The van der Waals surface area contributed by atoms with E-state index in [1.807, 2.05) is 0 Å². The first-order valence-corrected chi connectivity index (χ1v) is 5.62. The lowest BCUT2D eigenvalue weighted by Gasteiger charge is -2.08. The minimum absolute atomic E-state index is 0.0517. The normalized spacial score (nSPS) is 11.9. The van der Waals surface area contributed by atoms with Crippen LogP contribution in [-0.4, -0.2) is 15.0 Å². The summed E-state index contributed by atoms with van der Waals surface area (Å²) in [5.41, 5.74) is 0.611. The average molecular weight is 260 g/mol. The molecular weight excluding hydrogens is 248 g/mol. The second-order valence-electron chi connectivity index (χ2n) is 3.96. The van der Waals surface area contributed by atoms with Gasteiger partial charge in [0.1, 0.15) is 5.75 Å². The summed E-state index contributed by atoms with van der Waals surface area (Å²) in [6, 6.07) is 9.09. The Morgan fingerprint density at radius 2 is 2.16 bits per heavy atom. The first-order chi connectivity index (χ1) is 9.06. The van der Waals surface area contributed by atoms with Crippen molar-refractivity contribution in [2.24, 2.45) is 0 Å². The van der Waals surface area contributed by atoms with Gasteiger partial charge in [0.05, 0.1) is 17.1 Å². The number of non-ortho nitro benzene ring substituents is 1. The maximum absolute atomic E-state index is 10.7. The van der Waals surface area contributed by atoms with Crippen LogP contribution in [0.3, 0.4) is 0 Å². The van der Waals surface area contributed by atoms with Crippen molar-refractivity contribution in [1.82, 2.24) is 4.98 Å². The number of nitrogens with zero attached hydrogens (tertiary/aromatic N) is 2. The molecule has 2 aromatic rings. The highest BCUT2D eigenvalue weighted by Gasteiger charge is 2.08. The third-order valence-electron chi connectivity index (χ3n) is 2.49. The van der Waals surface area contributed by atoms with E-state index in [1.165, 1.54) is 24.4 Å². The Balaban J connectivity index is 2.23. The quantitative estimate of drug-likeness (QED) is 0.674. The topological polar surface area (TPSA) is 85.5 Å². The van der Waals surface area contributed by atoms with Gasteiger partial charge in [-0.1, -0.05) is 6.07 Å². The third-order valence-corrected chi connectivity index (χ3v) is 2.49. The summed E-state index contributed by atoms with van der Waals surface area (Å²) < 4.78 is 5.43. The molecule has 0 bridgehead atoms. The van der Waals surface area contributed by atoms with Crippen LogP contribution >= 0.6 is 0 Å². The van der Waals surface area contributed by atoms with Crippen LogP contribution in [0.4, 0.5) is 5.69 Å². The van der Waals surface area contributed by atoms with Crippen molar-refractivity contribution in [3.63, 3.8) is 0 Å². The lowest BCUT2D eigenvalue weighted by molar-refractivity contribution is -0.384. The van der Waals surface area contributed by atoms with Crippen LogP contribution < -0.4 is 4.74 Å². The van der Waals surface area contributed by atoms with Gasteiger partial charge in [0, 0.05) is 18.3 Å². The van der Waals surface area contributed by atoms with E-state index in [4.69, 9.17) is 4.74 Å². The summed E-state index contributed by atoms with van der Waals surface area (Å²) in [5.74, 6) is 0.600. The van der Waals surface area contributed by atoms with Gasteiger partial charge >= 0.3 is 0 Å². The van der Waals surface area contributed by atoms with Crippen LogP contribution in [-0.2, 0) is 0 Å². The summed E-state index contributed by atoms with van der Waals surface area (Å²) in [7, 11) is 0. The third kappa shape index (κ3) is 3.26. The highest BCUT2D eigenvalue weighted by molar-refractivity contribution is 5.39. The molecule has 1 heterocycles. The number of aliphatic hydroxyl groups is 1. The Morgan fingerprint density at radius 1 is 1.37 bits per heavy atom. The Kier molecular flexibility index (Phi) is 3.72. The van der Waals surface area contributed by atoms with Crippen LogP contribution in [0.2, 0.25) is 0 Å². The van der Waals surface area contributed by atoms with E-state index < -0.39 is 11.0 Å². The standard InChI is InChI=1S/C13H12N2O4/c1-9(16)10-5-6-14-13(7-10)19-12-4-2-3-11(8-12)15(17)18/h2-9,16H,1H3/t9-/m0/s1. The van der Waals surface area contributed by atoms with Crippen LogP contribution in [0.25, 0.3) is 0 Å². The molecule has 0 radical (unpaired) electrons. The van der Waals surface area contributed by atoms with Crippen molar-refractivity contribution >= 4 is 5.69 Å². The van der Waals surface area contributed by atoms with Gasteiger partial charge in [0.15, 0.2) is 0 Å². The molecule has 6 nitrogen and oxygen atoms in total. The zero-order chi connectivity index (χ0) is 13.8. The molecule has 98 valence electrons. The van der Waals surface area contributed by atoms with E-state index in [-0.39, 0.29) is 11.6 Å². The van der Waals surface area contributed by atoms with Crippen LogP contribution in [0.5, 0.6) is 11.6 Å².